The van der Waals surface area contributed by atoms with Gasteiger partial charge in [-0.2, -0.15) is 0 Å². The monoisotopic (exact) mass is 157 g/mol. The highest BCUT2D eigenvalue weighted by molar-refractivity contribution is 5.08. The van der Waals surface area contributed by atoms with Gasteiger partial charge in [-0.05, 0) is 43.4 Å². The van der Waals surface area contributed by atoms with Gasteiger partial charge in [0.1, 0.15) is 0 Å². The second kappa shape index (κ2) is 1.82. The lowest BCUT2D eigenvalue weighted by Gasteiger charge is -2.62. The standard InChI is InChI=1S/C10H18O/c1-9(2)7-4-5-10(3,11)8(9)6-7/h7-8,11H,4-6H2,1-3H3/t7-,8+,10+/m0/s1/i3D3. The molecule has 1 nitrogen and oxygen atoms in total. The first-order valence-corrected chi connectivity index (χ1v) is 4.42. The molecule has 1 heteroatoms. The van der Waals surface area contributed by atoms with Crippen LogP contribution >= 0.6 is 0 Å². The lowest BCUT2D eigenvalue weighted by atomic mass is 9.44. The maximum absolute atomic E-state index is 10.3. The number of hydrogen-bond acceptors (Lipinski definition) is 1. The fraction of sp³-hybridized carbons (Fsp3) is 1.00. The van der Waals surface area contributed by atoms with E-state index >= 15 is 0 Å². The normalized spacial score (nSPS) is 58.6. The molecule has 11 heavy (non-hydrogen) atoms. The van der Waals surface area contributed by atoms with E-state index in [1.807, 2.05) is 0 Å². The van der Waals surface area contributed by atoms with Crippen molar-refractivity contribution in [3.05, 3.63) is 0 Å². The van der Waals surface area contributed by atoms with E-state index < -0.39 is 12.5 Å². The summed E-state index contributed by atoms with van der Waals surface area (Å²) in [6.45, 7) is 1.95. The predicted molar refractivity (Wildman–Crippen MR) is 45.2 cm³/mol. The Bertz CT molecular complexity index is 253. The molecular weight excluding hydrogens is 136 g/mol. The highest BCUT2D eigenvalue weighted by Gasteiger charge is 2.58. The van der Waals surface area contributed by atoms with E-state index in [0.717, 1.165) is 12.8 Å². The Morgan fingerprint density at radius 3 is 2.64 bits per heavy atom. The van der Waals surface area contributed by atoms with E-state index in [4.69, 9.17) is 4.11 Å². The average molecular weight is 157 g/mol. The molecular formula is C10H18O. The number of hydrogen-bond donors (Lipinski definition) is 1. The van der Waals surface area contributed by atoms with Gasteiger partial charge in [-0.15, -0.1) is 0 Å². The average Bonchev–Trinajstić information content (AvgIpc) is 2.01. The molecule has 3 saturated carbocycles. The van der Waals surface area contributed by atoms with E-state index in [-0.39, 0.29) is 11.3 Å². The maximum Gasteiger partial charge on any atom is 0.0653 e. The van der Waals surface area contributed by atoms with Gasteiger partial charge in [-0.1, -0.05) is 13.8 Å². The van der Waals surface area contributed by atoms with Gasteiger partial charge in [0.2, 0.25) is 0 Å². The first-order chi connectivity index (χ1) is 6.19. The Morgan fingerprint density at radius 1 is 1.55 bits per heavy atom. The highest BCUT2D eigenvalue weighted by atomic mass is 16.3. The SMILES string of the molecule is [2H]C([2H])([2H])[C@@]1(O)CC[C@H]2C[C@@H]1C2(C)C. The fourth-order valence-corrected chi connectivity index (χ4v) is 2.88. The lowest BCUT2D eigenvalue weighted by molar-refractivity contribution is -0.192. The second-order valence-electron chi connectivity index (χ2n) is 4.77. The van der Waals surface area contributed by atoms with Gasteiger partial charge in [0.05, 0.1) is 5.60 Å². The summed E-state index contributed by atoms with van der Waals surface area (Å²) in [4.78, 5) is 0. The Morgan fingerprint density at radius 2 is 2.27 bits per heavy atom. The molecule has 3 aliphatic carbocycles. The summed E-state index contributed by atoms with van der Waals surface area (Å²) in [7, 11) is 0. The third-order valence-corrected chi connectivity index (χ3v) is 3.92. The van der Waals surface area contributed by atoms with Crippen LogP contribution in [0.3, 0.4) is 0 Å². The summed E-state index contributed by atoms with van der Waals surface area (Å²) < 4.78 is 22.3. The molecule has 64 valence electrons. The summed E-state index contributed by atoms with van der Waals surface area (Å²) in [5.41, 5.74) is -1.41. The summed E-state index contributed by atoms with van der Waals surface area (Å²) in [5, 5.41) is 10.3. The molecule has 0 saturated heterocycles. The zero-order chi connectivity index (χ0) is 10.8. The number of rotatable bonds is 0. The van der Waals surface area contributed by atoms with Crippen molar-refractivity contribution in [3.63, 3.8) is 0 Å². The fourth-order valence-electron chi connectivity index (χ4n) is 2.88. The van der Waals surface area contributed by atoms with Crippen LogP contribution in [0.1, 0.15) is 44.1 Å². The first-order valence-electron chi connectivity index (χ1n) is 5.92. The van der Waals surface area contributed by atoms with Gasteiger partial charge in [-0.3, -0.25) is 0 Å². The zero-order valence-corrected chi connectivity index (χ0v) is 7.22. The highest BCUT2D eigenvalue weighted by Crippen LogP contribution is 2.62. The quantitative estimate of drug-likeness (QED) is 0.571. The first kappa shape index (κ1) is 4.86. The maximum atomic E-state index is 10.3. The molecule has 0 unspecified atom stereocenters. The summed E-state index contributed by atoms with van der Waals surface area (Å²) in [6, 6.07) is 0. The van der Waals surface area contributed by atoms with E-state index in [1.165, 1.54) is 0 Å². The van der Waals surface area contributed by atoms with E-state index in [1.54, 1.807) is 0 Å². The van der Waals surface area contributed by atoms with Crippen LogP contribution in [0.25, 0.3) is 0 Å². The Balaban J connectivity index is 2.30. The van der Waals surface area contributed by atoms with Crippen LogP contribution in [0.15, 0.2) is 0 Å². The topological polar surface area (TPSA) is 20.2 Å². The molecule has 0 spiro atoms. The molecule has 0 aromatic carbocycles. The third-order valence-electron chi connectivity index (χ3n) is 3.92. The number of aliphatic hydroxyl groups is 1. The van der Waals surface area contributed by atoms with Crippen LogP contribution in [0, 0.1) is 17.3 Å². The minimum Gasteiger partial charge on any atom is -0.390 e. The summed E-state index contributed by atoms with van der Waals surface area (Å²) in [6.07, 6.45) is 2.20. The molecule has 0 aliphatic heterocycles. The molecule has 2 bridgehead atoms. The van der Waals surface area contributed by atoms with Crippen molar-refractivity contribution in [3.8, 4) is 0 Å². The molecule has 3 aliphatic rings. The Hall–Kier alpha value is -0.0400. The number of fused-ring (bicyclic) bond motifs is 2. The molecule has 0 amide bonds. The van der Waals surface area contributed by atoms with Crippen LogP contribution in [0.5, 0.6) is 0 Å². The molecule has 3 rings (SSSR count). The molecule has 0 radical (unpaired) electrons. The van der Waals surface area contributed by atoms with Gasteiger partial charge in [0.15, 0.2) is 0 Å². The molecule has 1 N–H and O–H groups in total. The van der Waals surface area contributed by atoms with Crippen LogP contribution in [-0.2, 0) is 0 Å². The Kier molecular flexibility index (Phi) is 0.804. The summed E-state index contributed by atoms with van der Waals surface area (Å²) >= 11 is 0. The molecule has 0 heterocycles. The van der Waals surface area contributed by atoms with Crippen molar-refractivity contribution in [1.82, 2.24) is 0 Å². The largest absolute Gasteiger partial charge is 0.390 e. The Labute approximate surface area is 73.0 Å². The minimum atomic E-state index is -2.22. The van der Waals surface area contributed by atoms with Gasteiger partial charge in [0, 0.05) is 4.11 Å². The lowest BCUT2D eigenvalue weighted by Crippen LogP contribution is -2.60. The van der Waals surface area contributed by atoms with Crippen LogP contribution < -0.4 is 0 Å². The minimum absolute atomic E-state index is 0.0153. The molecule has 3 atom stereocenters. The van der Waals surface area contributed by atoms with E-state index in [2.05, 4.69) is 13.8 Å². The molecule has 3 fully saturated rings. The van der Waals surface area contributed by atoms with Crippen molar-refractivity contribution in [2.75, 3.05) is 0 Å². The molecule has 0 aromatic rings. The summed E-state index contributed by atoms with van der Waals surface area (Å²) in [5.74, 6) is 0.580. The van der Waals surface area contributed by atoms with Crippen LogP contribution in [0.4, 0.5) is 0 Å². The van der Waals surface area contributed by atoms with Crippen molar-refractivity contribution >= 4 is 0 Å². The van der Waals surface area contributed by atoms with Crippen molar-refractivity contribution in [2.45, 2.75) is 45.6 Å². The predicted octanol–water partition coefficient (Wildman–Crippen LogP) is 2.19. The second-order valence-corrected chi connectivity index (χ2v) is 4.77. The smallest absolute Gasteiger partial charge is 0.0653 e. The third kappa shape index (κ3) is 0.807. The van der Waals surface area contributed by atoms with Crippen molar-refractivity contribution in [1.29, 1.82) is 0 Å². The van der Waals surface area contributed by atoms with E-state index in [0.29, 0.717) is 12.3 Å². The van der Waals surface area contributed by atoms with Crippen molar-refractivity contribution < 1.29 is 9.22 Å². The zero-order valence-electron chi connectivity index (χ0n) is 10.2. The van der Waals surface area contributed by atoms with Gasteiger partial charge < -0.3 is 5.11 Å². The van der Waals surface area contributed by atoms with Gasteiger partial charge in [0.25, 0.3) is 0 Å². The van der Waals surface area contributed by atoms with E-state index in [9.17, 15) is 5.11 Å². The van der Waals surface area contributed by atoms with Gasteiger partial charge in [-0.25, -0.2) is 0 Å². The van der Waals surface area contributed by atoms with Crippen LogP contribution in [-0.4, -0.2) is 10.7 Å². The molecule has 0 aromatic heterocycles. The van der Waals surface area contributed by atoms with Gasteiger partial charge >= 0.3 is 0 Å². The van der Waals surface area contributed by atoms with Crippen molar-refractivity contribution in [2.24, 2.45) is 17.3 Å². The van der Waals surface area contributed by atoms with Crippen LogP contribution in [0.2, 0.25) is 0 Å².